The van der Waals surface area contributed by atoms with Gasteiger partial charge in [0, 0.05) is 5.92 Å². The molecule has 12 heavy (non-hydrogen) atoms. The van der Waals surface area contributed by atoms with Crippen LogP contribution in [-0.4, -0.2) is 23.4 Å². The minimum Gasteiger partial charge on any atom is -0.459 e. The third kappa shape index (κ3) is 1.59. The maximum atomic E-state index is 10.8. The molecule has 0 heterocycles. The molecule has 0 aromatic carbocycles. The predicted molar refractivity (Wildman–Crippen MR) is 40.9 cm³/mol. The van der Waals surface area contributed by atoms with Crippen LogP contribution in [0.25, 0.3) is 0 Å². The SMILES string of the molecule is NC(O)C(=O)OC1C[C@H]1C1CC1. The first-order chi connectivity index (χ1) is 5.68. The third-order valence-corrected chi connectivity index (χ3v) is 2.52. The summed E-state index contributed by atoms with van der Waals surface area (Å²) in [6.07, 6.45) is 2.07. The first-order valence-corrected chi connectivity index (χ1v) is 4.32. The minimum atomic E-state index is -1.47. The standard InChI is InChI=1S/C8H13NO3/c9-7(10)8(11)12-6-3-5(6)4-1-2-4/h4-7,10H,1-3,9H2/t5-,6?,7?/m0/s1. The molecule has 0 aliphatic heterocycles. The largest absolute Gasteiger partial charge is 0.459 e. The lowest BCUT2D eigenvalue weighted by Crippen LogP contribution is -2.32. The molecule has 3 N–H and O–H groups in total. The van der Waals surface area contributed by atoms with E-state index in [4.69, 9.17) is 15.6 Å². The van der Waals surface area contributed by atoms with Crippen LogP contribution in [0.5, 0.6) is 0 Å². The molecule has 3 atom stereocenters. The third-order valence-electron chi connectivity index (χ3n) is 2.52. The highest BCUT2D eigenvalue weighted by Crippen LogP contribution is 2.51. The van der Waals surface area contributed by atoms with Gasteiger partial charge in [-0.3, -0.25) is 5.73 Å². The Balaban J connectivity index is 1.71. The van der Waals surface area contributed by atoms with Crippen LogP contribution in [0.3, 0.4) is 0 Å². The number of carbonyl (C=O) groups is 1. The Bertz CT molecular complexity index is 200. The molecule has 2 fully saturated rings. The topological polar surface area (TPSA) is 72.5 Å². The van der Waals surface area contributed by atoms with E-state index in [-0.39, 0.29) is 6.10 Å². The van der Waals surface area contributed by atoms with Gasteiger partial charge in [-0.05, 0) is 25.2 Å². The molecule has 2 saturated carbocycles. The first kappa shape index (κ1) is 8.01. The highest BCUT2D eigenvalue weighted by Gasteiger charge is 2.50. The van der Waals surface area contributed by atoms with Crippen LogP contribution in [0.2, 0.25) is 0 Å². The molecule has 0 spiro atoms. The fraction of sp³-hybridized carbons (Fsp3) is 0.875. The van der Waals surface area contributed by atoms with Crippen LogP contribution >= 0.6 is 0 Å². The number of rotatable bonds is 3. The van der Waals surface area contributed by atoms with E-state index in [1.54, 1.807) is 0 Å². The molecule has 0 bridgehead atoms. The summed E-state index contributed by atoms with van der Waals surface area (Å²) in [6.45, 7) is 0. The number of esters is 1. The normalized spacial score (nSPS) is 35.8. The van der Waals surface area contributed by atoms with Crippen molar-refractivity contribution in [3.63, 3.8) is 0 Å². The van der Waals surface area contributed by atoms with Gasteiger partial charge in [-0.15, -0.1) is 0 Å². The van der Waals surface area contributed by atoms with Gasteiger partial charge in [0.2, 0.25) is 6.23 Å². The van der Waals surface area contributed by atoms with Gasteiger partial charge in [-0.1, -0.05) is 0 Å². The van der Waals surface area contributed by atoms with Crippen molar-refractivity contribution < 1.29 is 14.6 Å². The quantitative estimate of drug-likeness (QED) is 0.448. The second-order valence-electron chi connectivity index (χ2n) is 3.66. The van der Waals surface area contributed by atoms with Crippen molar-refractivity contribution in [3.8, 4) is 0 Å². The van der Waals surface area contributed by atoms with Gasteiger partial charge in [-0.25, -0.2) is 4.79 Å². The smallest absolute Gasteiger partial charge is 0.350 e. The van der Waals surface area contributed by atoms with E-state index >= 15 is 0 Å². The van der Waals surface area contributed by atoms with Crippen LogP contribution in [0.4, 0.5) is 0 Å². The van der Waals surface area contributed by atoms with E-state index in [1.807, 2.05) is 0 Å². The number of ether oxygens (including phenoxy) is 1. The Kier molecular flexibility index (Phi) is 1.81. The van der Waals surface area contributed by atoms with Crippen molar-refractivity contribution in [3.05, 3.63) is 0 Å². The molecule has 2 aliphatic rings. The van der Waals surface area contributed by atoms with Crippen molar-refractivity contribution in [1.82, 2.24) is 0 Å². The number of carbonyl (C=O) groups excluding carboxylic acids is 1. The molecule has 0 amide bonds. The molecule has 0 saturated heterocycles. The molecule has 4 nitrogen and oxygen atoms in total. The van der Waals surface area contributed by atoms with E-state index in [0.29, 0.717) is 5.92 Å². The van der Waals surface area contributed by atoms with E-state index in [1.165, 1.54) is 12.8 Å². The maximum Gasteiger partial charge on any atom is 0.350 e. The van der Waals surface area contributed by atoms with Gasteiger partial charge in [0.1, 0.15) is 6.10 Å². The summed E-state index contributed by atoms with van der Waals surface area (Å²) in [5, 5.41) is 8.64. The Morgan fingerprint density at radius 3 is 2.75 bits per heavy atom. The zero-order valence-corrected chi connectivity index (χ0v) is 6.77. The van der Waals surface area contributed by atoms with Gasteiger partial charge in [0.15, 0.2) is 0 Å². The lowest BCUT2D eigenvalue weighted by Gasteiger charge is -2.04. The Morgan fingerprint density at radius 1 is 1.58 bits per heavy atom. The Hall–Kier alpha value is -0.610. The van der Waals surface area contributed by atoms with Crippen LogP contribution in [-0.2, 0) is 9.53 Å². The monoisotopic (exact) mass is 171 g/mol. The second-order valence-corrected chi connectivity index (χ2v) is 3.66. The zero-order chi connectivity index (χ0) is 8.72. The fourth-order valence-corrected chi connectivity index (χ4v) is 1.56. The summed E-state index contributed by atoms with van der Waals surface area (Å²) in [5.74, 6) is 0.647. The van der Waals surface area contributed by atoms with Crippen molar-refractivity contribution in [2.75, 3.05) is 0 Å². The molecular formula is C8H13NO3. The summed E-state index contributed by atoms with van der Waals surface area (Å²) in [6, 6.07) is 0. The molecule has 0 aromatic heterocycles. The van der Waals surface area contributed by atoms with Crippen molar-refractivity contribution in [2.45, 2.75) is 31.6 Å². The number of nitrogens with two attached hydrogens (primary N) is 1. The van der Waals surface area contributed by atoms with Crippen molar-refractivity contribution in [1.29, 1.82) is 0 Å². The highest BCUT2D eigenvalue weighted by atomic mass is 16.6. The Labute approximate surface area is 70.7 Å². The summed E-state index contributed by atoms with van der Waals surface area (Å²) in [7, 11) is 0. The van der Waals surface area contributed by atoms with Crippen LogP contribution in [0.1, 0.15) is 19.3 Å². The Morgan fingerprint density at radius 2 is 2.25 bits per heavy atom. The summed E-state index contributed by atoms with van der Waals surface area (Å²) in [4.78, 5) is 10.8. The van der Waals surface area contributed by atoms with Crippen LogP contribution in [0.15, 0.2) is 0 Å². The molecule has 0 radical (unpaired) electrons. The molecule has 0 aromatic rings. The van der Waals surface area contributed by atoms with Gasteiger partial charge in [0.05, 0.1) is 0 Å². The van der Waals surface area contributed by atoms with Crippen LogP contribution in [0, 0.1) is 11.8 Å². The highest BCUT2D eigenvalue weighted by molar-refractivity contribution is 5.73. The van der Waals surface area contributed by atoms with E-state index < -0.39 is 12.2 Å². The van der Waals surface area contributed by atoms with Crippen molar-refractivity contribution in [2.24, 2.45) is 17.6 Å². The lowest BCUT2D eigenvalue weighted by atomic mass is 10.3. The van der Waals surface area contributed by atoms with Gasteiger partial charge in [0.25, 0.3) is 0 Å². The van der Waals surface area contributed by atoms with Gasteiger partial charge < -0.3 is 9.84 Å². The molecule has 2 rings (SSSR count). The molecule has 4 heteroatoms. The summed E-state index contributed by atoms with van der Waals surface area (Å²) in [5.41, 5.74) is 4.93. The number of aliphatic hydroxyl groups is 1. The minimum absolute atomic E-state index is 0.0446. The first-order valence-electron chi connectivity index (χ1n) is 4.32. The number of hydrogen-bond donors (Lipinski definition) is 2. The average Bonchev–Trinajstić information content (AvgIpc) is 2.79. The fourth-order valence-electron chi connectivity index (χ4n) is 1.56. The number of hydrogen-bond acceptors (Lipinski definition) is 4. The number of aliphatic hydroxyl groups excluding tert-OH is 1. The van der Waals surface area contributed by atoms with Gasteiger partial charge >= 0.3 is 5.97 Å². The van der Waals surface area contributed by atoms with E-state index in [2.05, 4.69) is 0 Å². The van der Waals surface area contributed by atoms with E-state index in [0.717, 1.165) is 12.3 Å². The average molecular weight is 171 g/mol. The molecule has 68 valence electrons. The lowest BCUT2D eigenvalue weighted by molar-refractivity contribution is -0.155. The van der Waals surface area contributed by atoms with E-state index in [9.17, 15) is 4.79 Å². The van der Waals surface area contributed by atoms with Gasteiger partial charge in [-0.2, -0.15) is 0 Å². The predicted octanol–water partition coefficient (Wildman–Crippen LogP) is -0.395. The zero-order valence-electron chi connectivity index (χ0n) is 6.77. The van der Waals surface area contributed by atoms with Crippen molar-refractivity contribution >= 4 is 5.97 Å². The molecule has 2 unspecified atom stereocenters. The summed E-state index contributed by atoms with van der Waals surface area (Å²) < 4.78 is 4.92. The second kappa shape index (κ2) is 2.71. The molecular weight excluding hydrogens is 158 g/mol. The maximum absolute atomic E-state index is 10.8. The summed E-state index contributed by atoms with van der Waals surface area (Å²) >= 11 is 0. The van der Waals surface area contributed by atoms with Crippen LogP contribution < -0.4 is 5.73 Å². The molecule has 2 aliphatic carbocycles.